The summed E-state index contributed by atoms with van der Waals surface area (Å²) >= 11 is 0. The van der Waals surface area contributed by atoms with Crippen LogP contribution in [0.1, 0.15) is 106 Å². The summed E-state index contributed by atoms with van der Waals surface area (Å²) in [5, 5.41) is 186. The second-order valence-corrected chi connectivity index (χ2v) is 30.2. The molecule has 0 unspecified atom stereocenters. The van der Waals surface area contributed by atoms with E-state index < -0.39 is 245 Å². The van der Waals surface area contributed by atoms with Gasteiger partial charge in [-0.15, -0.1) is 0 Å². The SMILES string of the molecule is C[C@@H]1O[C@@H](O[C@H]2[C@H](OC(=O)[C@]34CCC(C)(C)C[C@H]3C3=CC[C@@H]5[C@@]6(C)C[C@H](O)[C@H](O[C@@H]7O[C@H](CO)[C@@H](O[C@@H]8OC[C@@H](O)[C@H](O)[C@H]8O)[C@H](O)[C@H]7O)[C@@](C)(CO)[C@@H]6CC[C@@]5(C)[C@]3(C)CC4)OC[C@H](O)[C@@H]2O)[C@H](O)[C@H](O)[C@H]1O[C@@H]1OC[C@@H](O)[C@H](O[C@@H]2OC[C@](O)(CO)[C@H]2O)[C@H]1O. The zero-order chi connectivity index (χ0) is 66.9. The second-order valence-electron chi connectivity index (χ2n) is 30.2. The molecule has 0 bridgehead atoms. The van der Waals surface area contributed by atoms with E-state index in [1.807, 2.05) is 6.92 Å². The summed E-state index contributed by atoms with van der Waals surface area (Å²) in [6, 6.07) is 0. The number of carbonyl (C=O) groups excluding carboxylic acids is 1. The van der Waals surface area contributed by atoms with Crippen LogP contribution in [-0.2, 0) is 61.6 Å². The van der Waals surface area contributed by atoms with Gasteiger partial charge in [0.1, 0.15) is 103 Å². The Morgan fingerprint density at radius 2 is 1.12 bits per heavy atom. The Kier molecular flexibility index (Phi) is 20.4. The average molecular weight is 1330 g/mol. The van der Waals surface area contributed by atoms with Gasteiger partial charge in [-0.3, -0.25) is 4.79 Å². The molecule has 11 rings (SSSR count). The number of esters is 1. The van der Waals surface area contributed by atoms with E-state index in [4.69, 9.17) is 56.8 Å². The van der Waals surface area contributed by atoms with E-state index in [2.05, 4.69) is 40.7 Å². The number of carbonyl (C=O) groups is 1. The normalized spacial score (nSPS) is 55.3. The number of aliphatic hydroxyl groups is 17. The zero-order valence-corrected chi connectivity index (χ0v) is 53.0. The third-order valence-corrected chi connectivity index (χ3v) is 24.3. The molecule has 6 saturated heterocycles. The van der Waals surface area contributed by atoms with Gasteiger partial charge in [-0.1, -0.05) is 53.2 Å². The lowest BCUT2D eigenvalue weighted by molar-refractivity contribution is -0.372. The van der Waals surface area contributed by atoms with Crippen LogP contribution in [-0.4, -0.2) is 304 Å². The summed E-state index contributed by atoms with van der Waals surface area (Å²) in [6.45, 7) is 10.4. The molecule has 11 aliphatic rings. The van der Waals surface area contributed by atoms with E-state index in [-0.39, 0.29) is 29.6 Å². The lowest BCUT2D eigenvalue weighted by Gasteiger charge is -2.72. The van der Waals surface area contributed by atoms with Gasteiger partial charge in [0.05, 0.1) is 70.0 Å². The predicted octanol–water partition coefficient (Wildman–Crippen LogP) is -4.86. The van der Waals surface area contributed by atoms with Crippen LogP contribution < -0.4 is 0 Å². The van der Waals surface area contributed by atoms with Crippen molar-refractivity contribution >= 4 is 5.97 Å². The summed E-state index contributed by atoms with van der Waals surface area (Å²) in [5.74, 6) is -1.30. The van der Waals surface area contributed by atoms with Gasteiger partial charge in [0.25, 0.3) is 0 Å². The molecule has 0 spiro atoms. The molecule has 0 aromatic carbocycles. The molecule has 10 fully saturated rings. The monoisotopic (exact) mass is 1320 g/mol. The maximum atomic E-state index is 15.5. The van der Waals surface area contributed by atoms with Gasteiger partial charge in [0.2, 0.25) is 6.29 Å². The third kappa shape index (κ3) is 11.9. The largest absolute Gasteiger partial charge is 0.432 e. The maximum absolute atomic E-state index is 15.5. The summed E-state index contributed by atoms with van der Waals surface area (Å²) in [5.41, 5.74) is -5.01. The third-order valence-electron chi connectivity index (χ3n) is 24.3. The molecule has 4 saturated carbocycles. The smallest absolute Gasteiger partial charge is 0.315 e. The lowest BCUT2D eigenvalue weighted by Crippen LogP contribution is -2.70. The number of rotatable bonds is 15. The molecule has 92 heavy (non-hydrogen) atoms. The molecule has 17 N–H and O–H groups in total. The summed E-state index contributed by atoms with van der Waals surface area (Å²) < 4.78 is 70.5. The van der Waals surface area contributed by atoms with Crippen molar-refractivity contribution in [1.29, 1.82) is 0 Å². The molecule has 0 aromatic rings. The van der Waals surface area contributed by atoms with E-state index in [0.29, 0.717) is 51.4 Å². The molecule has 0 amide bonds. The van der Waals surface area contributed by atoms with Crippen LogP contribution in [0, 0.1) is 50.2 Å². The van der Waals surface area contributed by atoms with E-state index in [0.717, 1.165) is 5.57 Å². The Bertz CT molecular complexity index is 2600. The number of fused-ring (bicyclic) bond motifs is 7. The maximum Gasteiger partial charge on any atom is 0.315 e. The molecule has 5 aliphatic carbocycles. The molecular weight excluding hydrogens is 1220 g/mol. The van der Waals surface area contributed by atoms with Crippen molar-refractivity contribution in [2.45, 2.75) is 272 Å². The average Bonchev–Trinajstić information content (AvgIpc) is 0.699. The Hall–Kier alpha value is -1.91. The van der Waals surface area contributed by atoms with Crippen LogP contribution in [0.4, 0.5) is 0 Å². The van der Waals surface area contributed by atoms with Crippen molar-refractivity contribution in [2.75, 3.05) is 46.2 Å². The number of ether oxygens (including phenoxy) is 12. The van der Waals surface area contributed by atoms with E-state index >= 15 is 4.79 Å². The lowest BCUT2D eigenvalue weighted by atomic mass is 9.33. The molecule has 35 atom stereocenters. The molecule has 30 nitrogen and oxygen atoms in total. The summed E-state index contributed by atoms with van der Waals surface area (Å²) in [4.78, 5) is 15.5. The summed E-state index contributed by atoms with van der Waals surface area (Å²) in [7, 11) is 0. The highest BCUT2D eigenvalue weighted by Crippen LogP contribution is 2.76. The Labute approximate surface area is 532 Å². The van der Waals surface area contributed by atoms with Gasteiger partial charge >= 0.3 is 5.97 Å². The van der Waals surface area contributed by atoms with Gasteiger partial charge in [0.15, 0.2) is 37.6 Å². The zero-order valence-electron chi connectivity index (χ0n) is 53.0. The fourth-order valence-corrected chi connectivity index (χ4v) is 18.5. The minimum Gasteiger partial charge on any atom is -0.432 e. The predicted molar refractivity (Wildman–Crippen MR) is 305 cm³/mol. The molecule has 30 heteroatoms. The molecule has 0 aromatic heterocycles. The van der Waals surface area contributed by atoms with E-state index in [9.17, 15) is 86.8 Å². The second kappa shape index (κ2) is 26.3. The van der Waals surface area contributed by atoms with Crippen LogP contribution in [0.3, 0.4) is 0 Å². The van der Waals surface area contributed by atoms with Crippen LogP contribution in [0.25, 0.3) is 0 Å². The van der Waals surface area contributed by atoms with Crippen molar-refractivity contribution < 1.29 is 148 Å². The first-order chi connectivity index (χ1) is 43.2. The van der Waals surface area contributed by atoms with Crippen LogP contribution in [0.15, 0.2) is 11.6 Å². The minimum absolute atomic E-state index is 0.0758. The van der Waals surface area contributed by atoms with Gasteiger partial charge in [-0.25, -0.2) is 0 Å². The van der Waals surface area contributed by atoms with Crippen LogP contribution in [0.2, 0.25) is 0 Å². The molecule has 6 heterocycles. The Morgan fingerprint density at radius 3 is 1.77 bits per heavy atom. The molecule has 528 valence electrons. The quantitative estimate of drug-likeness (QED) is 0.0415. The van der Waals surface area contributed by atoms with E-state index in [1.165, 1.54) is 6.92 Å². The van der Waals surface area contributed by atoms with Gasteiger partial charge in [0, 0.05) is 5.41 Å². The first kappa shape index (κ1) is 71.4. The highest BCUT2D eigenvalue weighted by atomic mass is 16.8. The fraction of sp³-hybridized carbons (Fsp3) is 0.952. The van der Waals surface area contributed by atoms with Gasteiger partial charge < -0.3 is 144 Å². The molecular formula is C62H100O30. The van der Waals surface area contributed by atoms with Crippen molar-refractivity contribution in [3.8, 4) is 0 Å². The highest BCUT2D eigenvalue weighted by molar-refractivity contribution is 5.79. The van der Waals surface area contributed by atoms with Crippen molar-refractivity contribution in [3.63, 3.8) is 0 Å². The molecule has 6 aliphatic heterocycles. The first-order valence-electron chi connectivity index (χ1n) is 32.5. The first-order valence-corrected chi connectivity index (χ1v) is 32.5. The fourth-order valence-electron chi connectivity index (χ4n) is 18.5. The minimum atomic E-state index is -2.07. The topological polar surface area (TPSA) is 472 Å². The van der Waals surface area contributed by atoms with Gasteiger partial charge in [-0.2, -0.15) is 0 Å². The highest BCUT2D eigenvalue weighted by Gasteiger charge is 2.72. The Morgan fingerprint density at radius 1 is 0.543 bits per heavy atom. The van der Waals surface area contributed by atoms with Crippen LogP contribution >= 0.6 is 0 Å². The summed E-state index contributed by atoms with van der Waals surface area (Å²) in [6.07, 6.45) is -34.7. The van der Waals surface area contributed by atoms with Gasteiger partial charge in [-0.05, 0) is 104 Å². The van der Waals surface area contributed by atoms with Crippen molar-refractivity contribution in [1.82, 2.24) is 0 Å². The standard InChI is InChI=1S/C62H100O30/c1-25-43(87-50-42(77)44(31(69)21-82-50)88-54-47(78)62(80,23-65)24-84-54)37(72)40(75)51(85-25)90-46-36(71)30(68)20-83-53(46)92-55(79)61-14-12-56(2,3)16-27(61)26-8-9-34-57(4)17-28(66)48(58(5,22-64)33(57)10-11-60(34,7)59(26,6)13-15-61)91-52-41(76)38(73)45(32(18-63)86-52)89-49-39(74)35(70)29(67)19-81-49/h8,25,27-54,63-78,80H,9-24H2,1-7H3/t25-,27-,28-,29+,30-,31+,32+,33+,34+,35-,36-,37-,38+,39+,40+,41+,42+,43-,44-,45+,46+,47-,48-,49-,50-,51-,52-,53-,54-,57-,58-,59+,60+,61-,62+/m0/s1. The van der Waals surface area contributed by atoms with Crippen LogP contribution in [0.5, 0.6) is 0 Å². The Balaban J connectivity index is 0.777. The van der Waals surface area contributed by atoms with Crippen molar-refractivity contribution in [2.24, 2.45) is 50.2 Å². The number of allylic oxidation sites excluding steroid dienone is 2. The number of aliphatic hydroxyl groups excluding tert-OH is 16. The number of hydrogen-bond donors (Lipinski definition) is 17. The number of hydrogen-bond acceptors (Lipinski definition) is 30. The van der Waals surface area contributed by atoms with E-state index in [1.54, 1.807) is 0 Å². The van der Waals surface area contributed by atoms with Crippen molar-refractivity contribution in [3.05, 3.63) is 11.6 Å². The molecule has 0 radical (unpaired) electrons.